The van der Waals surface area contributed by atoms with Gasteiger partial charge in [0.25, 0.3) is 0 Å². The predicted octanol–water partition coefficient (Wildman–Crippen LogP) is 3.81. The van der Waals surface area contributed by atoms with Crippen LogP contribution in [0.3, 0.4) is 0 Å². The summed E-state index contributed by atoms with van der Waals surface area (Å²) in [4.78, 5) is 21.6. The van der Waals surface area contributed by atoms with E-state index in [2.05, 4.69) is 15.0 Å². The summed E-state index contributed by atoms with van der Waals surface area (Å²) in [5.41, 5.74) is 2.04. The third-order valence-electron chi connectivity index (χ3n) is 5.98. The van der Waals surface area contributed by atoms with Gasteiger partial charge in [0.1, 0.15) is 11.5 Å². The highest BCUT2D eigenvalue weighted by atomic mass is 16.5. The molecule has 1 saturated heterocycles. The SMILES string of the molecule is CCOc1ccc(-c2noc(CN3CCCN(C(=O)CCc4ccc(OC)cc4)CC3)n2)cc1. The quantitative estimate of drug-likeness (QED) is 0.476. The van der Waals surface area contributed by atoms with Crippen molar-refractivity contribution >= 4 is 5.91 Å². The second-order valence-corrected chi connectivity index (χ2v) is 8.33. The Morgan fingerprint density at radius 1 is 1.00 bits per heavy atom. The van der Waals surface area contributed by atoms with Crippen molar-refractivity contribution in [3.05, 3.63) is 60.0 Å². The summed E-state index contributed by atoms with van der Waals surface area (Å²) in [6.07, 6.45) is 2.18. The Morgan fingerprint density at radius 3 is 2.50 bits per heavy atom. The second-order valence-electron chi connectivity index (χ2n) is 8.33. The van der Waals surface area contributed by atoms with E-state index in [1.54, 1.807) is 7.11 Å². The maximum absolute atomic E-state index is 12.8. The smallest absolute Gasteiger partial charge is 0.241 e. The third-order valence-corrected chi connectivity index (χ3v) is 5.98. The average molecular weight is 465 g/mol. The number of nitrogens with zero attached hydrogens (tertiary/aromatic N) is 4. The lowest BCUT2D eigenvalue weighted by Gasteiger charge is -2.21. The van der Waals surface area contributed by atoms with E-state index in [1.165, 1.54) is 0 Å². The highest BCUT2D eigenvalue weighted by Gasteiger charge is 2.21. The van der Waals surface area contributed by atoms with E-state index >= 15 is 0 Å². The number of hydrogen-bond donors (Lipinski definition) is 0. The van der Waals surface area contributed by atoms with Crippen molar-refractivity contribution in [2.24, 2.45) is 0 Å². The number of carbonyl (C=O) groups excluding carboxylic acids is 1. The van der Waals surface area contributed by atoms with Gasteiger partial charge in [0.05, 0.1) is 20.3 Å². The van der Waals surface area contributed by atoms with Gasteiger partial charge in [-0.2, -0.15) is 4.98 Å². The molecule has 1 amide bonds. The second kappa shape index (κ2) is 11.7. The van der Waals surface area contributed by atoms with Gasteiger partial charge in [-0.1, -0.05) is 17.3 Å². The fourth-order valence-electron chi connectivity index (χ4n) is 4.07. The first-order valence-electron chi connectivity index (χ1n) is 11.8. The Hall–Kier alpha value is -3.39. The molecule has 1 aromatic heterocycles. The number of ether oxygens (including phenoxy) is 2. The summed E-state index contributed by atoms with van der Waals surface area (Å²) < 4.78 is 16.2. The first kappa shape index (κ1) is 23.8. The molecule has 0 radical (unpaired) electrons. The zero-order chi connectivity index (χ0) is 23.8. The van der Waals surface area contributed by atoms with Crippen LogP contribution in [-0.4, -0.2) is 65.7 Å². The molecule has 8 heteroatoms. The Bertz CT molecular complexity index is 1050. The lowest BCUT2D eigenvalue weighted by molar-refractivity contribution is -0.131. The Labute approximate surface area is 200 Å². The average Bonchev–Trinajstić information content (AvgIpc) is 3.21. The summed E-state index contributed by atoms with van der Waals surface area (Å²) >= 11 is 0. The molecule has 0 spiro atoms. The maximum Gasteiger partial charge on any atom is 0.241 e. The summed E-state index contributed by atoms with van der Waals surface area (Å²) in [6, 6.07) is 15.6. The molecule has 1 fully saturated rings. The fourth-order valence-corrected chi connectivity index (χ4v) is 4.07. The first-order valence-corrected chi connectivity index (χ1v) is 11.8. The van der Waals surface area contributed by atoms with Crippen LogP contribution in [0.1, 0.15) is 31.2 Å². The van der Waals surface area contributed by atoms with Gasteiger partial charge in [-0.15, -0.1) is 0 Å². The van der Waals surface area contributed by atoms with Crippen molar-refractivity contribution in [1.29, 1.82) is 0 Å². The van der Waals surface area contributed by atoms with Crippen molar-refractivity contribution in [1.82, 2.24) is 19.9 Å². The minimum Gasteiger partial charge on any atom is -0.497 e. The Kier molecular flexibility index (Phi) is 8.14. The van der Waals surface area contributed by atoms with E-state index in [0.717, 1.165) is 55.1 Å². The van der Waals surface area contributed by atoms with Crippen LogP contribution in [0.5, 0.6) is 11.5 Å². The van der Waals surface area contributed by atoms with Gasteiger partial charge >= 0.3 is 0 Å². The zero-order valence-corrected chi connectivity index (χ0v) is 19.9. The number of methoxy groups -OCH3 is 1. The minimum atomic E-state index is 0.202. The van der Waals surface area contributed by atoms with Gasteiger partial charge in [-0.25, -0.2) is 0 Å². The Balaban J connectivity index is 1.26. The summed E-state index contributed by atoms with van der Waals surface area (Å²) in [7, 11) is 1.65. The molecule has 180 valence electrons. The van der Waals surface area contributed by atoms with Crippen molar-refractivity contribution < 1.29 is 18.8 Å². The molecule has 1 aliphatic heterocycles. The highest BCUT2D eigenvalue weighted by molar-refractivity contribution is 5.76. The zero-order valence-electron chi connectivity index (χ0n) is 19.9. The molecule has 4 rings (SSSR count). The maximum atomic E-state index is 12.8. The van der Waals surface area contributed by atoms with Crippen LogP contribution in [0, 0.1) is 0 Å². The molecule has 0 atom stereocenters. The van der Waals surface area contributed by atoms with E-state index in [1.807, 2.05) is 60.4 Å². The van der Waals surface area contributed by atoms with E-state index < -0.39 is 0 Å². The molecule has 34 heavy (non-hydrogen) atoms. The molecular weight excluding hydrogens is 432 g/mol. The van der Waals surface area contributed by atoms with E-state index in [-0.39, 0.29) is 5.91 Å². The van der Waals surface area contributed by atoms with Crippen LogP contribution in [0.2, 0.25) is 0 Å². The van der Waals surface area contributed by atoms with Gasteiger partial charge in [0.15, 0.2) is 0 Å². The molecule has 2 aromatic carbocycles. The molecule has 0 unspecified atom stereocenters. The van der Waals surface area contributed by atoms with Gasteiger partial charge in [-0.3, -0.25) is 9.69 Å². The van der Waals surface area contributed by atoms with Crippen LogP contribution < -0.4 is 9.47 Å². The largest absolute Gasteiger partial charge is 0.497 e. The molecule has 0 bridgehead atoms. The van der Waals surface area contributed by atoms with Crippen molar-refractivity contribution in [3.8, 4) is 22.9 Å². The van der Waals surface area contributed by atoms with Crippen LogP contribution >= 0.6 is 0 Å². The number of carbonyl (C=O) groups is 1. The lowest BCUT2D eigenvalue weighted by Crippen LogP contribution is -2.35. The van der Waals surface area contributed by atoms with E-state index in [0.29, 0.717) is 37.8 Å². The van der Waals surface area contributed by atoms with Crippen LogP contribution in [0.15, 0.2) is 53.1 Å². The van der Waals surface area contributed by atoms with Gasteiger partial charge in [-0.05, 0) is 61.7 Å². The number of rotatable bonds is 9. The normalized spacial score (nSPS) is 14.6. The van der Waals surface area contributed by atoms with Crippen molar-refractivity contribution in [2.45, 2.75) is 32.7 Å². The fraction of sp³-hybridized carbons (Fsp3) is 0.423. The molecule has 3 aromatic rings. The molecule has 2 heterocycles. The van der Waals surface area contributed by atoms with Crippen LogP contribution in [-0.2, 0) is 17.8 Å². The van der Waals surface area contributed by atoms with E-state index in [9.17, 15) is 4.79 Å². The Morgan fingerprint density at radius 2 is 1.76 bits per heavy atom. The van der Waals surface area contributed by atoms with Gasteiger partial charge in [0, 0.05) is 38.2 Å². The highest BCUT2D eigenvalue weighted by Crippen LogP contribution is 2.21. The monoisotopic (exact) mass is 464 g/mol. The number of benzene rings is 2. The lowest BCUT2D eigenvalue weighted by atomic mass is 10.1. The van der Waals surface area contributed by atoms with Crippen LogP contribution in [0.4, 0.5) is 0 Å². The number of aromatic nitrogens is 2. The summed E-state index contributed by atoms with van der Waals surface area (Å²) in [6.45, 7) is 6.34. The molecule has 0 N–H and O–H groups in total. The topological polar surface area (TPSA) is 80.9 Å². The number of amides is 1. The first-order chi connectivity index (χ1) is 16.6. The van der Waals surface area contributed by atoms with Crippen molar-refractivity contribution in [3.63, 3.8) is 0 Å². The predicted molar refractivity (Wildman–Crippen MR) is 129 cm³/mol. The summed E-state index contributed by atoms with van der Waals surface area (Å²) in [5.74, 6) is 3.01. The molecular formula is C26H32N4O4. The number of aryl methyl sites for hydroxylation is 1. The molecule has 0 aliphatic carbocycles. The summed E-state index contributed by atoms with van der Waals surface area (Å²) in [5, 5.41) is 4.13. The van der Waals surface area contributed by atoms with E-state index in [4.69, 9.17) is 14.0 Å². The molecule has 8 nitrogen and oxygen atoms in total. The minimum absolute atomic E-state index is 0.202. The van der Waals surface area contributed by atoms with Crippen LogP contribution in [0.25, 0.3) is 11.4 Å². The standard InChI is InChI=1S/C26H32N4O4/c1-3-33-23-12-8-21(9-13-23)26-27-24(34-28-26)19-29-15-4-16-30(18-17-29)25(31)14-7-20-5-10-22(32-2)11-6-20/h5-6,8-13H,3-4,7,14-19H2,1-2H3. The molecule has 1 aliphatic rings. The van der Waals surface area contributed by atoms with Gasteiger partial charge < -0.3 is 18.9 Å². The van der Waals surface area contributed by atoms with Gasteiger partial charge in [0.2, 0.25) is 17.6 Å². The molecule has 0 saturated carbocycles. The van der Waals surface area contributed by atoms with Crippen molar-refractivity contribution in [2.75, 3.05) is 39.9 Å². The number of hydrogen-bond acceptors (Lipinski definition) is 7. The third kappa shape index (κ3) is 6.35.